The molecule has 0 aliphatic carbocycles. The van der Waals surface area contributed by atoms with Crippen molar-refractivity contribution in [3.63, 3.8) is 0 Å². The number of aryl methyl sites for hydroxylation is 1. The molecule has 6 heteroatoms. The van der Waals surface area contributed by atoms with E-state index in [9.17, 15) is 9.18 Å². The molecule has 0 saturated carbocycles. The highest BCUT2D eigenvalue weighted by atomic mass is 19.1. The van der Waals surface area contributed by atoms with Crippen LogP contribution in [0.15, 0.2) is 47.5 Å². The summed E-state index contributed by atoms with van der Waals surface area (Å²) in [6.45, 7) is 9.01. The van der Waals surface area contributed by atoms with Gasteiger partial charge in [-0.15, -0.1) is 0 Å². The Morgan fingerprint density at radius 3 is 2.52 bits per heavy atom. The maximum absolute atomic E-state index is 13.2. The zero-order chi connectivity index (χ0) is 21.4. The van der Waals surface area contributed by atoms with Crippen molar-refractivity contribution in [3.8, 4) is 0 Å². The molecule has 0 bridgehead atoms. The van der Waals surface area contributed by atoms with E-state index < -0.39 is 0 Å². The number of guanidine groups is 1. The first kappa shape index (κ1) is 22.4. The number of halogens is 1. The molecule has 3 N–H and O–H groups in total. The highest BCUT2D eigenvalue weighted by molar-refractivity contribution is 5.94. The van der Waals surface area contributed by atoms with Crippen LogP contribution in [0.1, 0.15) is 47.8 Å². The summed E-state index contributed by atoms with van der Waals surface area (Å²) in [7, 11) is 1.71. The molecule has 1 amide bonds. The third-order valence-electron chi connectivity index (χ3n) is 4.35. The molecule has 0 heterocycles. The van der Waals surface area contributed by atoms with Gasteiger partial charge in [0.2, 0.25) is 0 Å². The fourth-order valence-electron chi connectivity index (χ4n) is 2.90. The third-order valence-corrected chi connectivity index (χ3v) is 4.35. The van der Waals surface area contributed by atoms with Gasteiger partial charge in [-0.3, -0.25) is 9.79 Å². The molecule has 0 saturated heterocycles. The second-order valence-corrected chi connectivity index (χ2v) is 8.08. The van der Waals surface area contributed by atoms with Crippen LogP contribution in [0.4, 0.5) is 4.39 Å². The Hall–Kier alpha value is -2.89. The van der Waals surface area contributed by atoms with Crippen LogP contribution in [0.5, 0.6) is 0 Å². The van der Waals surface area contributed by atoms with E-state index in [-0.39, 0.29) is 17.3 Å². The molecule has 2 aromatic carbocycles. The zero-order valence-electron chi connectivity index (χ0n) is 17.9. The number of carbonyl (C=O) groups excluding carboxylic acids is 1. The summed E-state index contributed by atoms with van der Waals surface area (Å²) in [5, 5.41) is 9.49. The van der Waals surface area contributed by atoms with Crippen molar-refractivity contribution >= 4 is 11.9 Å². The molecule has 0 atom stereocenters. The van der Waals surface area contributed by atoms with E-state index in [1.54, 1.807) is 13.1 Å². The van der Waals surface area contributed by atoms with Crippen LogP contribution in [0.2, 0.25) is 0 Å². The van der Waals surface area contributed by atoms with Crippen LogP contribution in [0, 0.1) is 12.7 Å². The van der Waals surface area contributed by atoms with E-state index in [4.69, 9.17) is 0 Å². The molecule has 0 aliphatic heterocycles. The first-order chi connectivity index (χ1) is 13.7. The Balaban J connectivity index is 1.87. The summed E-state index contributed by atoms with van der Waals surface area (Å²) < 4.78 is 13.2. The fourth-order valence-corrected chi connectivity index (χ4v) is 2.90. The van der Waals surface area contributed by atoms with E-state index in [2.05, 4.69) is 20.9 Å². The summed E-state index contributed by atoms with van der Waals surface area (Å²) in [6.07, 6.45) is 0.773. The first-order valence-electron chi connectivity index (χ1n) is 9.79. The molecule has 0 aromatic heterocycles. The summed E-state index contributed by atoms with van der Waals surface area (Å²) in [6, 6.07) is 12.4. The minimum absolute atomic E-state index is 0.0866. The number of hydrogen-bond donors (Lipinski definition) is 3. The topological polar surface area (TPSA) is 65.5 Å². The molecule has 0 radical (unpaired) electrons. The molecule has 5 nitrogen and oxygen atoms in total. The van der Waals surface area contributed by atoms with Crippen molar-refractivity contribution in [3.05, 3.63) is 70.5 Å². The molecular weight excluding hydrogens is 367 g/mol. The Bertz CT molecular complexity index is 871. The number of nitrogens with zero attached hydrogens (tertiary/aromatic N) is 1. The minimum atomic E-state index is -0.278. The van der Waals surface area contributed by atoms with E-state index in [1.165, 1.54) is 6.07 Å². The van der Waals surface area contributed by atoms with Crippen LogP contribution in [-0.4, -0.2) is 31.0 Å². The van der Waals surface area contributed by atoms with Crippen molar-refractivity contribution in [2.24, 2.45) is 4.99 Å². The maximum Gasteiger partial charge on any atom is 0.251 e. The number of aliphatic imine (C=N–C) groups is 1. The van der Waals surface area contributed by atoms with Crippen LogP contribution in [0.3, 0.4) is 0 Å². The van der Waals surface area contributed by atoms with Gasteiger partial charge in [0.15, 0.2) is 5.96 Å². The van der Waals surface area contributed by atoms with Crippen molar-refractivity contribution in [1.82, 2.24) is 16.0 Å². The number of rotatable bonds is 6. The van der Waals surface area contributed by atoms with Gasteiger partial charge in [-0.2, -0.15) is 0 Å². The fraction of sp³-hybridized carbons (Fsp3) is 0.391. The van der Waals surface area contributed by atoms with Gasteiger partial charge in [0, 0.05) is 31.2 Å². The molecule has 2 aromatic rings. The van der Waals surface area contributed by atoms with Crippen LogP contribution in [-0.2, 0) is 13.0 Å². The Morgan fingerprint density at radius 1 is 1.10 bits per heavy atom. The van der Waals surface area contributed by atoms with Gasteiger partial charge in [-0.25, -0.2) is 4.39 Å². The summed E-state index contributed by atoms with van der Waals surface area (Å²) in [5.41, 5.74) is 3.39. The first-order valence-corrected chi connectivity index (χ1v) is 9.79. The van der Waals surface area contributed by atoms with Crippen LogP contribution >= 0.6 is 0 Å². The minimum Gasteiger partial charge on any atom is -0.356 e. The number of amides is 1. The highest BCUT2D eigenvalue weighted by Crippen LogP contribution is 2.10. The number of hydrogen-bond acceptors (Lipinski definition) is 2. The van der Waals surface area contributed by atoms with Gasteiger partial charge < -0.3 is 16.0 Å². The molecule has 29 heavy (non-hydrogen) atoms. The molecule has 0 spiro atoms. The second kappa shape index (κ2) is 10.0. The SMILES string of the molecule is CN=C(NCCc1ccc(F)cc1C)NCc1cccc(C(=O)NC(C)(C)C)c1. The lowest BCUT2D eigenvalue weighted by atomic mass is 10.1. The summed E-state index contributed by atoms with van der Waals surface area (Å²) in [5.74, 6) is 0.376. The zero-order valence-corrected chi connectivity index (χ0v) is 17.9. The smallest absolute Gasteiger partial charge is 0.251 e. The summed E-state index contributed by atoms with van der Waals surface area (Å²) >= 11 is 0. The van der Waals surface area contributed by atoms with Gasteiger partial charge in [0.25, 0.3) is 5.91 Å². The lowest BCUT2D eigenvalue weighted by Gasteiger charge is -2.20. The predicted octanol–water partition coefficient (Wildman–Crippen LogP) is 3.57. The average molecular weight is 399 g/mol. The van der Waals surface area contributed by atoms with Crippen LogP contribution < -0.4 is 16.0 Å². The standard InChI is InChI=1S/C23H31FN4O/c1-16-13-20(24)10-9-18(16)11-12-26-22(25-5)27-15-17-7-6-8-19(14-17)21(29)28-23(2,3)4/h6-10,13-14H,11-12,15H2,1-5H3,(H,28,29)(H2,25,26,27). The predicted molar refractivity (Wildman–Crippen MR) is 117 cm³/mol. The lowest BCUT2D eigenvalue weighted by molar-refractivity contribution is 0.0919. The van der Waals surface area contributed by atoms with E-state index in [0.717, 1.165) is 23.1 Å². The van der Waals surface area contributed by atoms with Crippen molar-refractivity contribution in [2.75, 3.05) is 13.6 Å². The number of benzene rings is 2. The van der Waals surface area contributed by atoms with Gasteiger partial charge in [-0.1, -0.05) is 18.2 Å². The molecule has 156 valence electrons. The van der Waals surface area contributed by atoms with Crippen molar-refractivity contribution in [1.29, 1.82) is 0 Å². The molecule has 0 aliphatic rings. The van der Waals surface area contributed by atoms with Gasteiger partial charge in [0.05, 0.1) is 0 Å². The van der Waals surface area contributed by atoms with Crippen molar-refractivity contribution < 1.29 is 9.18 Å². The number of nitrogens with one attached hydrogen (secondary N) is 3. The van der Waals surface area contributed by atoms with E-state index in [1.807, 2.05) is 58.0 Å². The Kier molecular flexibility index (Phi) is 7.76. The van der Waals surface area contributed by atoms with E-state index in [0.29, 0.717) is 24.6 Å². The Labute approximate surface area is 172 Å². The maximum atomic E-state index is 13.2. The number of carbonyl (C=O) groups is 1. The molecular formula is C23H31FN4O. The van der Waals surface area contributed by atoms with Gasteiger partial charge in [-0.05, 0) is 75.1 Å². The van der Waals surface area contributed by atoms with Crippen molar-refractivity contribution in [2.45, 2.75) is 46.2 Å². The second-order valence-electron chi connectivity index (χ2n) is 8.08. The molecule has 0 fully saturated rings. The molecule has 2 rings (SSSR count). The monoisotopic (exact) mass is 398 g/mol. The quantitative estimate of drug-likeness (QED) is 0.515. The largest absolute Gasteiger partial charge is 0.356 e. The van der Waals surface area contributed by atoms with Crippen LogP contribution in [0.25, 0.3) is 0 Å². The van der Waals surface area contributed by atoms with Gasteiger partial charge in [0.1, 0.15) is 5.82 Å². The lowest BCUT2D eigenvalue weighted by Crippen LogP contribution is -2.40. The average Bonchev–Trinajstić information content (AvgIpc) is 2.65. The van der Waals surface area contributed by atoms with Gasteiger partial charge >= 0.3 is 0 Å². The summed E-state index contributed by atoms with van der Waals surface area (Å²) in [4.78, 5) is 16.6. The third kappa shape index (κ3) is 7.56. The van der Waals surface area contributed by atoms with E-state index >= 15 is 0 Å². The molecule has 0 unspecified atom stereocenters. The normalized spacial score (nSPS) is 11.9. The highest BCUT2D eigenvalue weighted by Gasteiger charge is 2.15. The Morgan fingerprint density at radius 2 is 1.86 bits per heavy atom.